The molecule has 0 aromatic heterocycles. The van der Waals surface area contributed by atoms with Crippen LogP contribution in [0.25, 0.3) is 0 Å². The second-order valence-electron chi connectivity index (χ2n) is 2.66. The van der Waals surface area contributed by atoms with Gasteiger partial charge in [0, 0.05) is 0 Å². The second-order valence-corrected chi connectivity index (χ2v) is 5.89. The van der Waals surface area contributed by atoms with Gasteiger partial charge in [0.15, 0.2) is 0 Å². The van der Waals surface area contributed by atoms with Crippen LogP contribution in [-0.4, -0.2) is 34.6 Å². The number of alkyl halides is 2. The molecule has 0 fully saturated rings. The van der Waals surface area contributed by atoms with Gasteiger partial charge in [0.05, 0.1) is 11.5 Å². The highest BCUT2D eigenvalue weighted by Gasteiger charge is 2.43. The van der Waals surface area contributed by atoms with E-state index in [1.165, 1.54) is 0 Å². The van der Waals surface area contributed by atoms with Crippen molar-refractivity contribution in [3.8, 4) is 0 Å². The summed E-state index contributed by atoms with van der Waals surface area (Å²) in [6.45, 7) is 6.01. The Hall–Kier alpha value is -0.840. The molecule has 100 valence electrons. The lowest BCUT2D eigenvalue weighted by Gasteiger charge is -2.14. The van der Waals surface area contributed by atoms with E-state index in [0.29, 0.717) is 0 Å². The third kappa shape index (κ3) is 7.15. The molecule has 0 N–H and O–H groups in total. The molecule has 0 atom stereocenters. The molecular weight excluding hydrogens is 282 g/mol. The van der Waals surface area contributed by atoms with Crippen molar-refractivity contribution in [2.45, 2.75) is 6.29 Å². The molecule has 0 heterocycles. The fourth-order valence-electron chi connectivity index (χ4n) is 0.666. The highest BCUT2D eigenvalue weighted by atomic mass is 32.2. The van der Waals surface area contributed by atoms with E-state index in [9.17, 15) is 25.6 Å². The van der Waals surface area contributed by atoms with Crippen LogP contribution in [0, 0.1) is 0 Å². The summed E-state index contributed by atoms with van der Waals surface area (Å²) in [5.41, 5.74) is 0. The molecule has 0 unspecified atom stereocenters. The topological polar surface area (TPSA) is 86.7 Å². The van der Waals surface area contributed by atoms with Gasteiger partial charge in [-0.05, 0) is 0 Å². The summed E-state index contributed by atoms with van der Waals surface area (Å²) in [4.78, 5) is 0. The summed E-state index contributed by atoms with van der Waals surface area (Å²) in [6.07, 6.45) is -3.21. The molecule has 10 heteroatoms. The molecule has 0 aliphatic rings. The predicted octanol–water partition coefficient (Wildman–Crippen LogP) is 0.602. The van der Waals surface area contributed by atoms with Crippen LogP contribution < -0.4 is 0 Å². The Labute approximate surface area is 97.8 Å². The van der Waals surface area contributed by atoms with Crippen LogP contribution in [0.3, 0.4) is 0 Å². The van der Waals surface area contributed by atoms with Crippen molar-refractivity contribution in [2.24, 2.45) is 0 Å². The molecule has 0 amide bonds. The van der Waals surface area contributed by atoms with Gasteiger partial charge in [-0.25, -0.2) is 0 Å². The molecule has 6 nitrogen and oxygen atoms in total. The van der Waals surface area contributed by atoms with Gasteiger partial charge in [0.2, 0.25) is 0 Å². The number of rotatable bonds is 8. The Balaban J connectivity index is 4.82. The van der Waals surface area contributed by atoms with Crippen molar-refractivity contribution in [1.82, 2.24) is 0 Å². The van der Waals surface area contributed by atoms with Crippen LogP contribution in [0.15, 0.2) is 25.3 Å². The van der Waals surface area contributed by atoms with Crippen LogP contribution in [0.1, 0.15) is 0 Å². The van der Waals surface area contributed by atoms with Gasteiger partial charge in [-0.3, -0.25) is 0 Å². The first-order valence-electron chi connectivity index (χ1n) is 4.00. The van der Waals surface area contributed by atoms with Crippen LogP contribution in [0.5, 0.6) is 0 Å². The van der Waals surface area contributed by atoms with E-state index in [1.54, 1.807) is 0 Å². The first-order valence-corrected chi connectivity index (χ1v) is 7.15. The van der Waals surface area contributed by atoms with E-state index >= 15 is 0 Å². The standard InChI is InChI=1S/C7H10F2O6S2/c1-3-5-16(10,11)14-7(8,9)15-17(12,13)6-4-2/h3-4H,1-2,5-6H2. The van der Waals surface area contributed by atoms with Crippen molar-refractivity contribution in [2.75, 3.05) is 11.5 Å². The van der Waals surface area contributed by atoms with Crippen LogP contribution in [0.4, 0.5) is 8.78 Å². The van der Waals surface area contributed by atoms with Gasteiger partial charge in [0.25, 0.3) is 20.2 Å². The van der Waals surface area contributed by atoms with Crippen molar-refractivity contribution < 1.29 is 34.0 Å². The van der Waals surface area contributed by atoms with Crippen LogP contribution in [0.2, 0.25) is 0 Å². The lowest BCUT2D eigenvalue weighted by Crippen LogP contribution is -2.32. The summed E-state index contributed by atoms with van der Waals surface area (Å²) in [6, 6.07) is 0. The Morgan fingerprint density at radius 1 is 0.941 bits per heavy atom. The molecule has 0 radical (unpaired) electrons. The minimum atomic E-state index is -4.80. The molecule has 0 aromatic carbocycles. The SMILES string of the molecule is C=CCS(=O)(=O)OC(F)(F)OS(=O)(=O)CC=C. The van der Waals surface area contributed by atoms with E-state index in [1.807, 2.05) is 0 Å². The molecule has 0 saturated heterocycles. The van der Waals surface area contributed by atoms with Crippen LogP contribution in [-0.2, 0) is 28.6 Å². The molecular formula is C7H10F2O6S2. The number of hydrogen-bond donors (Lipinski definition) is 0. The molecule has 0 spiro atoms. The van der Waals surface area contributed by atoms with Crippen molar-refractivity contribution in [3.63, 3.8) is 0 Å². The zero-order valence-electron chi connectivity index (χ0n) is 8.51. The Morgan fingerprint density at radius 3 is 1.47 bits per heavy atom. The van der Waals surface area contributed by atoms with E-state index in [0.717, 1.165) is 12.2 Å². The molecule has 0 aliphatic carbocycles. The normalized spacial score (nSPS) is 13.3. The fourth-order valence-corrected chi connectivity index (χ4v) is 2.08. The van der Waals surface area contributed by atoms with Gasteiger partial charge in [-0.15, -0.1) is 21.9 Å². The highest BCUT2D eigenvalue weighted by Crippen LogP contribution is 2.23. The van der Waals surface area contributed by atoms with E-state index in [-0.39, 0.29) is 0 Å². The first kappa shape index (κ1) is 16.2. The van der Waals surface area contributed by atoms with Crippen molar-refractivity contribution >= 4 is 20.2 Å². The van der Waals surface area contributed by atoms with Gasteiger partial charge >= 0.3 is 6.29 Å². The third-order valence-electron chi connectivity index (χ3n) is 1.09. The number of halogens is 2. The predicted molar refractivity (Wildman–Crippen MR) is 55.1 cm³/mol. The quantitative estimate of drug-likeness (QED) is 0.370. The molecule has 0 aliphatic heterocycles. The van der Waals surface area contributed by atoms with E-state index in [4.69, 9.17) is 0 Å². The monoisotopic (exact) mass is 292 g/mol. The molecule has 0 bridgehead atoms. The zero-order chi connectivity index (χ0) is 13.7. The van der Waals surface area contributed by atoms with Gasteiger partial charge in [-0.1, -0.05) is 12.2 Å². The van der Waals surface area contributed by atoms with Crippen molar-refractivity contribution in [3.05, 3.63) is 25.3 Å². The minimum absolute atomic E-state index is 0.795. The second kappa shape index (κ2) is 5.67. The molecule has 0 saturated carbocycles. The first-order chi connectivity index (χ1) is 7.54. The summed E-state index contributed by atoms with van der Waals surface area (Å²) in [7, 11) is -9.32. The maximum atomic E-state index is 12.8. The minimum Gasteiger partial charge on any atom is -0.199 e. The maximum Gasteiger partial charge on any atom is 0.514 e. The maximum absolute atomic E-state index is 12.8. The molecule has 0 rings (SSSR count). The lowest BCUT2D eigenvalue weighted by atomic mass is 10.8. The Bertz CT molecular complexity index is 434. The van der Waals surface area contributed by atoms with E-state index < -0.39 is 38.0 Å². The average Bonchev–Trinajstić information content (AvgIpc) is 1.96. The molecule has 0 aromatic rings. The average molecular weight is 292 g/mol. The van der Waals surface area contributed by atoms with Gasteiger partial charge in [0.1, 0.15) is 0 Å². The summed E-state index contributed by atoms with van der Waals surface area (Å²) >= 11 is 0. The van der Waals surface area contributed by atoms with Gasteiger partial charge in [-0.2, -0.15) is 25.2 Å². The smallest absolute Gasteiger partial charge is 0.199 e. The Morgan fingerprint density at radius 2 is 1.24 bits per heavy atom. The lowest BCUT2D eigenvalue weighted by molar-refractivity contribution is -0.303. The zero-order valence-corrected chi connectivity index (χ0v) is 10.1. The van der Waals surface area contributed by atoms with Gasteiger partial charge < -0.3 is 0 Å². The van der Waals surface area contributed by atoms with Crippen LogP contribution >= 0.6 is 0 Å². The van der Waals surface area contributed by atoms with Crippen molar-refractivity contribution in [1.29, 1.82) is 0 Å². The fraction of sp³-hybridized carbons (Fsp3) is 0.429. The van der Waals surface area contributed by atoms with E-state index in [2.05, 4.69) is 21.5 Å². The third-order valence-corrected chi connectivity index (χ3v) is 3.28. The Kier molecular flexibility index (Phi) is 5.39. The summed E-state index contributed by atoms with van der Waals surface area (Å²) in [5.74, 6) is -1.82. The molecule has 17 heavy (non-hydrogen) atoms. The largest absolute Gasteiger partial charge is 0.514 e. The highest BCUT2D eigenvalue weighted by molar-refractivity contribution is 7.87. The summed E-state index contributed by atoms with van der Waals surface area (Å²) in [5, 5.41) is 0. The summed E-state index contributed by atoms with van der Waals surface area (Å²) < 4.78 is 75.4. The number of hydrogen-bond acceptors (Lipinski definition) is 6.